The lowest BCUT2D eigenvalue weighted by atomic mass is 10.2. The zero-order chi connectivity index (χ0) is 17.8. The molecular weight excluding hydrogens is 342 g/mol. The summed E-state index contributed by atoms with van der Waals surface area (Å²) >= 11 is 5.21. The van der Waals surface area contributed by atoms with Crippen LogP contribution in [0.4, 0.5) is 5.69 Å². The second-order valence-corrected chi connectivity index (χ2v) is 5.34. The third-order valence-electron chi connectivity index (χ3n) is 3.42. The van der Waals surface area contributed by atoms with Crippen LogP contribution in [0.2, 0.25) is 0 Å². The Morgan fingerprint density at radius 3 is 2.76 bits per heavy atom. The number of aromatic nitrogens is 3. The second kappa shape index (κ2) is 7.05. The largest absolute Gasteiger partial charge is 0.496 e. The minimum Gasteiger partial charge on any atom is -0.496 e. The number of H-pyrrole nitrogens is 1. The first-order valence-corrected chi connectivity index (χ1v) is 7.60. The molecule has 126 valence electrons. The van der Waals surface area contributed by atoms with Crippen molar-refractivity contribution in [1.82, 2.24) is 14.9 Å². The van der Waals surface area contributed by atoms with Crippen LogP contribution < -0.4 is 4.74 Å². The molecule has 0 aliphatic rings. The molecule has 0 aliphatic carbocycles. The molecule has 0 aliphatic heterocycles. The number of nitrogens with one attached hydrogen (secondary N) is 1. The van der Waals surface area contributed by atoms with E-state index in [9.17, 15) is 10.1 Å². The number of methoxy groups -OCH3 is 1. The number of aromatic amines is 1. The fraction of sp³-hybridized carbons (Fsp3) is 0.0625. The summed E-state index contributed by atoms with van der Waals surface area (Å²) in [5.41, 5.74) is 1.23. The van der Waals surface area contributed by atoms with Gasteiger partial charge in [0.05, 0.1) is 18.2 Å². The molecule has 0 amide bonds. The van der Waals surface area contributed by atoms with E-state index >= 15 is 0 Å². The molecule has 3 aromatic rings. The zero-order valence-electron chi connectivity index (χ0n) is 13.1. The topological polar surface area (TPSA) is 98.3 Å². The van der Waals surface area contributed by atoms with Crippen molar-refractivity contribution in [3.8, 4) is 17.1 Å². The quantitative estimate of drug-likeness (QED) is 0.327. The molecule has 2 aromatic carbocycles. The highest BCUT2D eigenvalue weighted by atomic mass is 32.1. The molecule has 0 bridgehead atoms. The number of nitro benzene ring substituents is 1. The van der Waals surface area contributed by atoms with Crippen molar-refractivity contribution < 1.29 is 9.66 Å². The summed E-state index contributed by atoms with van der Waals surface area (Å²) in [6, 6.07) is 13.7. The first-order chi connectivity index (χ1) is 12.1. The monoisotopic (exact) mass is 355 g/mol. The SMILES string of the molecule is COc1ccc([N+](=O)[O-])cc1/C=N\n1c(-c2ccccc2)n[nH]c1=S. The van der Waals surface area contributed by atoms with Gasteiger partial charge in [0.15, 0.2) is 5.82 Å². The van der Waals surface area contributed by atoms with Crippen LogP contribution in [0, 0.1) is 14.9 Å². The molecule has 0 spiro atoms. The molecular formula is C16H13N5O3S. The van der Waals surface area contributed by atoms with E-state index in [2.05, 4.69) is 15.3 Å². The number of non-ortho nitro benzene ring substituents is 1. The predicted molar refractivity (Wildman–Crippen MR) is 95.5 cm³/mol. The van der Waals surface area contributed by atoms with Crippen LogP contribution >= 0.6 is 12.2 Å². The van der Waals surface area contributed by atoms with Gasteiger partial charge in [-0.15, -0.1) is 0 Å². The van der Waals surface area contributed by atoms with E-state index in [4.69, 9.17) is 17.0 Å². The number of nitrogens with zero attached hydrogens (tertiary/aromatic N) is 4. The predicted octanol–water partition coefficient (Wildman–Crippen LogP) is 3.41. The van der Waals surface area contributed by atoms with Crippen LogP contribution in [0.25, 0.3) is 11.4 Å². The Morgan fingerprint density at radius 1 is 1.32 bits per heavy atom. The van der Waals surface area contributed by atoms with Gasteiger partial charge in [-0.05, 0) is 18.3 Å². The molecule has 0 atom stereocenters. The Kier molecular flexibility index (Phi) is 4.66. The Morgan fingerprint density at radius 2 is 2.08 bits per heavy atom. The minimum atomic E-state index is -0.477. The van der Waals surface area contributed by atoms with Crippen molar-refractivity contribution in [2.24, 2.45) is 5.10 Å². The summed E-state index contributed by atoms with van der Waals surface area (Å²) < 4.78 is 6.97. The standard InChI is InChI=1S/C16H13N5O3S/c1-24-14-8-7-13(21(22)23)9-12(14)10-17-20-15(18-19-16(20)25)11-5-3-2-4-6-11/h2-10H,1H3,(H,19,25)/b17-10-. The number of hydrogen-bond acceptors (Lipinski definition) is 6. The van der Waals surface area contributed by atoms with Gasteiger partial charge < -0.3 is 4.74 Å². The van der Waals surface area contributed by atoms with Crippen LogP contribution in [0.3, 0.4) is 0 Å². The highest BCUT2D eigenvalue weighted by Crippen LogP contribution is 2.23. The number of nitro groups is 1. The number of ether oxygens (including phenoxy) is 1. The van der Waals surface area contributed by atoms with Crippen LogP contribution in [-0.4, -0.2) is 33.1 Å². The lowest BCUT2D eigenvalue weighted by Gasteiger charge is -2.04. The van der Waals surface area contributed by atoms with Gasteiger partial charge in [0.2, 0.25) is 4.77 Å². The molecule has 25 heavy (non-hydrogen) atoms. The molecule has 1 aromatic heterocycles. The van der Waals surface area contributed by atoms with Gasteiger partial charge in [0.25, 0.3) is 5.69 Å². The van der Waals surface area contributed by atoms with Crippen LogP contribution in [-0.2, 0) is 0 Å². The zero-order valence-corrected chi connectivity index (χ0v) is 13.9. The highest BCUT2D eigenvalue weighted by molar-refractivity contribution is 7.71. The Labute approximate surface area is 147 Å². The summed E-state index contributed by atoms with van der Waals surface area (Å²) in [6.45, 7) is 0. The van der Waals surface area contributed by atoms with Gasteiger partial charge in [0, 0.05) is 23.3 Å². The fourth-order valence-electron chi connectivity index (χ4n) is 2.23. The fourth-order valence-corrected chi connectivity index (χ4v) is 2.41. The van der Waals surface area contributed by atoms with Gasteiger partial charge in [0.1, 0.15) is 5.75 Å². The molecule has 9 heteroatoms. The molecule has 8 nitrogen and oxygen atoms in total. The third kappa shape index (κ3) is 3.45. The Hall–Kier alpha value is -3.33. The van der Waals surface area contributed by atoms with Gasteiger partial charge in [-0.25, -0.2) is 5.10 Å². The number of rotatable bonds is 5. The van der Waals surface area contributed by atoms with Crippen molar-refractivity contribution in [3.05, 3.63) is 69.0 Å². The first kappa shape index (κ1) is 16.5. The molecule has 0 saturated carbocycles. The number of benzene rings is 2. The van der Waals surface area contributed by atoms with E-state index < -0.39 is 4.92 Å². The molecule has 0 radical (unpaired) electrons. The van der Waals surface area contributed by atoms with E-state index in [1.165, 1.54) is 36.2 Å². The van der Waals surface area contributed by atoms with E-state index in [0.29, 0.717) is 21.9 Å². The van der Waals surface area contributed by atoms with Crippen molar-refractivity contribution in [3.63, 3.8) is 0 Å². The average molecular weight is 355 g/mol. The Bertz CT molecular complexity index is 995. The van der Waals surface area contributed by atoms with E-state index in [1.807, 2.05) is 30.3 Å². The summed E-state index contributed by atoms with van der Waals surface area (Å²) in [4.78, 5) is 10.5. The molecule has 0 unspecified atom stereocenters. The van der Waals surface area contributed by atoms with Gasteiger partial charge >= 0.3 is 0 Å². The van der Waals surface area contributed by atoms with Crippen LogP contribution in [0.15, 0.2) is 53.6 Å². The maximum Gasteiger partial charge on any atom is 0.270 e. The van der Waals surface area contributed by atoms with Crippen molar-refractivity contribution in [2.75, 3.05) is 7.11 Å². The average Bonchev–Trinajstić information content (AvgIpc) is 3.01. The number of hydrogen-bond donors (Lipinski definition) is 1. The van der Waals surface area contributed by atoms with Crippen molar-refractivity contribution in [2.45, 2.75) is 0 Å². The van der Waals surface area contributed by atoms with Crippen molar-refractivity contribution in [1.29, 1.82) is 0 Å². The molecule has 3 rings (SSSR count). The van der Waals surface area contributed by atoms with Crippen molar-refractivity contribution >= 4 is 24.1 Å². The van der Waals surface area contributed by atoms with E-state index in [0.717, 1.165) is 5.56 Å². The minimum absolute atomic E-state index is 0.0543. The highest BCUT2D eigenvalue weighted by Gasteiger charge is 2.11. The first-order valence-electron chi connectivity index (χ1n) is 7.20. The molecule has 1 heterocycles. The van der Waals surface area contributed by atoms with Crippen LogP contribution in [0.1, 0.15) is 5.56 Å². The third-order valence-corrected chi connectivity index (χ3v) is 3.68. The summed E-state index contributed by atoms with van der Waals surface area (Å²) in [6.07, 6.45) is 1.45. The van der Waals surface area contributed by atoms with Gasteiger partial charge in [-0.2, -0.15) is 14.9 Å². The summed E-state index contributed by atoms with van der Waals surface area (Å²) in [5.74, 6) is 0.997. The van der Waals surface area contributed by atoms with E-state index in [1.54, 1.807) is 0 Å². The lowest BCUT2D eigenvalue weighted by molar-refractivity contribution is -0.384. The Balaban J connectivity index is 2.04. The van der Waals surface area contributed by atoms with E-state index in [-0.39, 0.29) is 5.69 Å². The van der Waals surface area contributed by atoms with Gasteiger partial charge in [-0.1, -0.05) is 30.3 Å². The lowest BCUT2D eigenvalue weighted by Crippen LogP contribution is -1.98. The molecule has 0 saturated heterocycles. The molecule has 1 N–H and O–H groups in total. The normalized spacial score (nSPS) is 10.9. The second-order valence-electron chi connectivity index (χ2n) is 4.96. The summed E-state index contributed by atoms with van der Waals surface area (Å²) in [5, 5.41) is 22.1. The van der Waals surface area contributed by atoms with Crippen LogP contribution in [0.5, 0.6) is 5.75 Å². The van der Waals surface area contributed by atoms with Gasteiger partial charge in [-0.3, -0.25) is 10.1 Å². The summed E-state index contributed by atoms with van der Waals surface area (Å²) in [7, 11) is 1.48. The maximum atomic E-state index is 11.0. The maximum absolute atomic E-state index is 11.0. The smallest absolute Gasteiger partial charge is 0.270 e. The molecule has 0 fully saturated rings.